The van der Waals surface area contributed by atoms with E-state index in [9.17, 15) is 0 Å². The second kappa shape index (κ2) is 3.10. The lowest BCUT2D eigenvalue weighted by atomic mass is 10.5. The van der Waals surface area contributed by atoms with Gasteiger partial charge < -0.3 is 0 Å². The summed E-state index contributed by atoms with van der Waals surface area (Å²) in [5.41, 5.74) is 1.09. The number of hydrogen-bond donors (Lipinski definition) is 0. The van der Waals surface area contributed by atoms with Gasteiger partial charge in [0.05, 0.1) is 5.69 Å². The van der Waals surface area contributed by atoms with Gasteiger partial charge in [-0.1, -0.05) is 6.30 Å². The molecule has 1 unspecified atom stereocenters. The molecule has 0 saturated heterocycles. The van der Waals surface area contributed by atoms with E-state index in [1.54, 1.807) is 4.45 Å². The zero-order valence-corrected chi connectivity index (χ0v) is 7.04. The van der Waals surface area contributed by atoms with Crippen LogP contribution in [0.2, 0.25) is 0 Å². The molecule has 0 fully saturated rings. The van der Waals surface area contributed by atoms with Crippen molar-refractivity contribution in [3.8, 4) is 0 Å². The SMILES string of the molecule is C=Pn1ccc(CP)n1. The average molecular weight is 158 g/mol. The monoisotopic (exact) mass is 158 g/mol. The molecule has 1 heterocycles. The first-order valence-electron chi connectivity index (χ1n) is 2.58. The zero-order valence-electron chi connectivity index (χ0n) is 4.99. The average Bonchev–Trinajstić information content (AvgIpc) is 2.34. The third-order valence-corrected chi connectivity index (χ3v) is 1.92. The largest absolute Gasteiger partial charge is 0.223 e. The van der Waals surface area contributed by atoms with Crippen molar-refractivity contribution in [2.45, 2.75) is 6.16 Å². The summed E-state index contributed by atoms with van der Waals surface area (Å²) in [5, 5.41) is 4.17. The van der Waals surface area contributed by atoms with Gasteiger partial charge in [-0.2, -0.15) is 5.10 Å². The van der Waals surface area contributed by atoms with Gasteiger partial charge in [-0.3, -0.25) is 0 Å². The van der Waals surface area contributed by atoms with E-state index in [-0.39, 0.29) is 0 Å². The molecule has 0 aromatic carbocycles. The second-order valence-electron chi connectivity index (χ2n) is 1.57. The topological polar surface area (TPSA) is 17.8 Å². The summed E-state index contributed by atoms with van der Waals surface area (Å²) in [4.78, 5) is 0. The maximum atomic E-state index is 4.17. The fourth-order valence-corrected chi connectivity index (χ4v) is 1.10. The van der Waals surface area contributed by atoms with Crippen LogP contribution in [0.25, 0.3) is 0 Å². The molecule has 4 heteroatoms. The first kappa shape index (κ1) is 6.92. The van der Waals surface area contributed by atoms with Crippen molar-refractivity contribution in [1.82, 2.24) is 9.55 Å². The summed E-state index contributed by atoms with van der Waals surface area (Å²) >= 11 is 0. The van der Waals surface area contributed by atoms with Crippen molar-refractivity contribution in [3.05, 3.63) is 18.0 Å². The summed E-state index contributed by atoms with van der Waals surface area (Å²) in [6, 6.07) is 1.99. The molecule has 1 atom stereocenters. The number of nitrogens with zero attached hydrogens (tertiary/aromatic N) is 2. The lowest BCUT2D eigenvalue weighted by molar-refractivity contribution is 0.972. The van der Waals surface area contributed by atoms with Crippen molar-refractivity contribution in [2.24, 2.45) is 0 Å². The minimum absolute atomic E-state index is 0.919. The molecule has 2 nitrogen and oxygen atoms in total. The number of aromatic nitrogens is 2. The van der Waals surface area contributed by atoms with E-state index in [2.05, 4.69) is 20.6 Å². The maximum absolute atomic E-state index is 4.17. The van der Waals surface area contributed by atoms with Crippen molar-refractivity contribution in [2.75, 3.05) is 0 Å². The van der Waals surface area contributed by atoms with Gasteiger partial charge >= 0.3 is 0 Å². The standard InChI is InChI=1S/C5H8N2P2/c1-9-7-3-2-5(4-8)6-7/h2-3H,1,4,8H2. The predicted octanol–water partition coefficient (Wildman–Crippen LogP) is 1.40. The van der Waals surface area contributed by atoms with Gasteiger partial charge in [0.1, 0.15) is 0 Å². The summed E-state index contributed by atoms with van der Waals surface area (Å²) < 4.78 is 1.79. The highest BCUT2D eigenvalue weighted by atomic mass is 31.1. The fourth-order valence-electron chi connectivity index (χ4n) is 0.539. The zero-order chi connectivity index (χ0) is 6.69. The number of rotatable bonds is 2. The normalized spacial score (nSPS) is 10.3. The van der Waals surface area contributed by atoms with Crippen LogP contribution in [0.5, 0.6) is 0 Å². The summed E-state index contributed by atoms with van der Waals surface area (Å²) in [7, 11) is 3.55. The van der Waals surface area contributed by atoms with E-state index in [1.165, 1.54) is 0 Å². The van der Waals surface area contributed by atoms with Gasteiger partial charge in [0.2, 0.25) is 0 Å². The third kappa shape index (κ3) is 1.61. The van der Waals surface area contributed by atoms with Crippen LogP contribution in [0.3, 0.4) is 0 Å². The van der Waals surface area contributed by atoms with Crippen LogP contribution < -0.4 is 0 Å². The third-order valence-electron chi connectivity index (χ3n) is 0.985. The molecule has 9 heavy (non-hydrogen) atoms. The molecule has 1 aromatic rings. The highest BCUT2D eigenvalue weighted by molar-refractivity contribution is 7.34. The number of hydrogen-bond acceptors (Lipinski definition) is 1. The minimum atomic E-state index is 0.919. The smallest absolute Gasteiger partial charge is 0.0670 e. The lowest BCUT2D eigenvalue weighted by Gasteiger charge is -1.84. The van der Waals surface area contributed by atoms with Crippen molar-refractivity contribution < 1.29 is 0 Å². The molecule has 0 saturated carbocycles. The Morgan fingerprint density at radius 1 is 1.89 bits per heavy atom. The Morgan fingerprint density at radius 3 is 3.00 bits per heavy atom. The minimum Gasteiger partial charge on any atom is -0.223 e. The summed E-state index contributed by atoms with van der Waals surface area (Å²) in [5.74, 6) is 0. The van der Waals surface area contributed by atoms with Gasteiger partial charge in [0.25, 0.3) is 0 Å². The van der Waals surface area contributed by atoms with Crippen LogP contribution in [0.4, 0.5) is 0 Å². The van der Waals surface area contributed by atoms with Crippen LogP contribution in [0.1, 0.15) is 5.69 Å². The Bertz CT molecular complexity index is 206. The molecule has 48 valence electrons. The van der Waals surface area contributed by atoms with Gasteiger partial charge in [-0.05, 0) is 6.07 Å². The van der Waals surface area contributed by atoms with Crippen LogP contribution in [0.15, 0.2) is 12.3 Å². The lowest BCUT2D eigenvalue weighted by Crippen LogP contribution is -1.81. The Balaban J connectivity index is 2.86. The summed E-state index contributed by atoms with van der Waals surface area (Å²) in [6.07, 6.45) is 6.51. The van der Waals surface area contributed by atoms with Crippen LogP contribution in [-0.2, 0) is 6.16 Å². The molecule has 0 amide bonds. The van der Waals surface area contributed by atoms with Crippen LogP contribution in [-0.4, -0.2) is 15.9 Å². The first-order valence-corrected chi connectivity index (χ1v) is 4.43. The molecule has 0 aliphatic heterocycles. The Kier molecular flexibility index (Phi) is 2.38. The molecule has 0 aliphatic carbocycles. The quantitative estimate of drug-likeness (QED) is 0.595. The molecular formula is C5H8N2P2. The fraction of sp³-hybridized carbons (Fsp3) is 0.200. The van der Waals surface area contributed by atoms with Crippen LogP contribution >= 0.6 is 17.6 Å². The maximum Gasteiger partial charge on any atom is 0.0670 e. The molecule has 0 N–H and O–H groups in total. The molecule has 0 aliphatic rings. The van der Waals surface area contributed by atoms with E-state index in [0.29, 0.717) is 0 Å². The van der Waals surface area contributed by atoms with E-state index in [0.717, 1.165) is 20.2 Å². The van der Waals surface area contributed by atoms with Crippen molar-refractivity contribution in [3.63, 3.8) is 0 Å². The van der Waals surface area contributed by atoms with E-state index < -0.39 is 0 Å². The van der Waals surface area contributed by atoms with Crippen LogP contribution in [0, 0.1) is 0 Å². The Morgan fingerprint density at radius 2 is 2.67 bits per heavy atom. The molecule has 1 aromatic heterocycles. The molecule has 1 rings (SSSR count). The molecule has 0 spiro atoms. The summed E-state index contributed by atoms with van der Waals surface area (Å²) in [6.45, 7) is 0. The van der Waals surface area contributed by atoms with Crippen molar-refractivity contribution in [1.29, 1.82) is 0 Å². The van der Waals surface area contributed by atoms with E-state index in [4.69, 9.17) is 0 Å². The second-order valence-corrected chi connectivity index (χ2v) is 2.67. The highest BCUT2D eigenvalue weighted by Gasteiger charge is 1.90. The highest BCUT2D eigenvalue weighted by Crippen LogP contribution is 2.04. The Hall–Kier alpha value is -0.190. The Labute approximate surface area is 58.3 Å². The van der Waals surface area contributed by atoms with Gasteiger partial charge in [-0.25, -0.2) is 4.45 Å². The van der Waals surface area contributed by atoms with Crippen molar-refractivity contribution >= 4 is 23.9 Å². The van der Waals surface area contributed by atoms with E-state index in [1.807, 2.05) is 12.3 Å². The molecular weight excluding hydrogens is 150 g/mol. The van der Waals surface area contributed by atoms with E-state index >= 15 is 0 Å². The predicted molar refractivity (Wildman–Crippen MR) is 45.1 cm³/mol. The molecule has 0 radical (unpaired) electrons. The van der Waals surface area contributed by atoms with Gasteiger partial charge in [-0.15, -0.1) is 9.24 Å². The van der Waals surface area contributed by atoms with Gasteiger partial charge in [0.15, 0.2) is 0 Å². The first-order chi connectivity index (χ1) is 4.36. The van der Waals surface area contributed by atoms with Gasteiger partial charge in [0, 0.05) is 20.7 Å². The molecule has 0 bridgehead atoms.